The molecule has 0 bridgehead atoms. The van der Waals surface area contributed by atoms with Crippen molar-refractivity contribution in [1.82, 2.24) is 30.6 Å². The largest absolute Gasteiger partial charge is 0.344 e. The predicted molar refractivity (Wildman–Crippen MR) is 68.2 cm³/mol. The second kappa shape index (κ2) is 4.99. The maximum Gasteiger partial charge on any atom is 0.344 e. The lowest BCUT2D eigenvalue weighted by atomic mass is 10.7. The van der Waals surface area contributed by atoms with Gasteiger partial charge in [0.1, 0.15) is 6.20 Å². The molecule has 0 aromatic carbocycles. The normalized spacial score (nSPS) is 10.7. The Morgan fingerprint density at radius 3 is 2.89 bits per heavy atom. The van der Waals surface area contributed by atoms with E-state index in [2.05, 4.69) is 30.6 Å². The third-order valence-corrected chi connectivity index (χ3v) is 5.00. The number of hydrogen-bond acceptors (Lipinski definition) is 10. The Kier molecular flexibility index (Phi) is 3.18. The van der Waals surface area contributed by atoms with Crippen LogP contribution in [0.5, 0.6) is 0 Å². The lowest BCUT2D eigenvalue weighted by Gasteiger charge is -1.88. The Labute approximate surface area is 117 Å². The van der Waals surface area contributed by atoms with Gasteiger partial charge in [-0.15, -0.1) is 16.4 Å². The average Bonchev–Trinajstić information content (AvgIpc) is 3.09. The van der Waals surface area contributed by atoms with Gasteiger partial charge in [-0.05, 0) is 33.5 Å². The number of nitro groups is 1. The number of aromatic amines is 1. The molecule has 3 heterocycles. The molecule has 0 unspecified atom stereocenters. The first-order valence-electron chi connectivity index (χ1n) is 4.70. The molecule has 0 fully saturated rings. The molecule has 0 aliphatic rings. The van der Waals surface area contributed by atoms with Gasteiger partial charge in [0.05, 0.1) is 15.3 Å². The summed E-state index contributed by atoms with van der Waals surface area (Å²) in [6.45, 7) is 0. The SMILES string of the molecule is O=[N+]([O-])c1cnc(Sc2cnc(-c3nnn[nH]3)s2)s1. The van der Waals surface area contributed by atoms with E-state index >= 15 is 0 Å². The predicted octanol–water partition coefficient (Wildman–Crippen LogP) is 1.84. The van der Waals surface area contributed by atoms with Gasteiger partial charge in [-0.2, -0.15) is 0 Å². The molecule has 3 rings (SSSR count). The molecule has 0 radical (unpaired) electrons. The highest BCUT2D eigenvalue weighted by Crippen LogP contribution is 2.38. The molecule has 0 amide bonds. The van der Waals surface area contributed by atoms with Crippen LogP contribution in [0.15, 0.2) is 20.9 Å². The average molecular weight is 313 g/mol. The minimum absolute atomic E-state index is 0.0201. The standard InChI is InChI=1S/C7H3N7O2S3/c15-14(16)3-1-9-7(17-3)19-4-2-8-6(18-4)5-10-12-13-11-5/h1-2H,(H,10,11,12,13). The van der Waals surface area contributed by atoms with E-state index in [0.717, 1.165) is 15.5 Å². The molecule has 0 aliphatic heterocycles. The van der Waals surface area contributed by atoms with E-state index in [1.54, 1.807) is 6.20 Å². The van der Waals surface area contributed by atoms with E-state index in [-0.39, 0.29) is 5.00 Å². The topological polar surface area (TPSA) is 123 Å². The molecule has 12 heteroatoms. The van der Waals surface area contributed by atoms with Crippen molar-refractivity contribution in [2.24, 2.45) is 0 Å². The fourth-order valence-corrected chi connectivity index (χ4v) is 4.06. The van der Waals surface area contributed by atoms with Gasteiger partial charge in [0.25, 0.3) is 0 Å². The quantitative estimate of drug-likeness (QED) is 0.571. The number of rotatable bonds is 4. The van der Waals surface area contributed by atoms with E-state index in [1.165, 1.54) is 29.3 Å². The molecule has 0 aliphatic carbocycles. The lowest BCUT2D eigenvalue weighted by molar-refractivity contribution is -0.380. The maximum atomic E-state index is 10.6. The van der Waals surface area contributed by atoms with Gasteiger partial charge < -0.3 is 0 Å². The fourth-order valence-electron chi connectivity index (χ4n) is 1.13. The van der Waals surface area contributed by atoms with Crippen LogP contribution >= 0.6 is 34.4 Å². The van der Waals surface area contributed by atoms with Gasteiger partial charge >= 0.3 is 5.00 Å². The van der Waals surface area contributed by atoms with Crippen molar-refractivity contribution < 1.29 is 4.92 Å². The molecule has 96 valence electrons. The number of aromatic nitrogens is 6. The van der Waals surface area contributed by atoms with Crippen molar-refractivity contribution in [1.29, 1.82) is 0 Å². The summed E-state index contributed by atoms with van der Waals surface area (Å²) in [5.41, 5.74) is 0. The first-order chi connectivity index (χ1) is 9.22. The summed E-state index contributed by atoms with van der Waals surface area (Å²) in [5.74, 6) is 0.488. The number of nitrogens with zero attached hydrogens (tertiary/aromatic N) is 6. The molecular formula is C7H3N7O2S3. The summed E-state index contributed by atoms with van der Waals surface area (Å²) in [6.07, 6.45) is 2.90. The highest BCUT2D eigenvalue weighted by molar-refractivity contribution is 8.02. The van der Waals surface area contributed by atoms with E-state index in [4.69, 9.17) is 0 Å². The second-order valence-corrected chi connectivity index (χ2v) is 6.65. The maximum absolute atomic E-state index is 10.6. The molecule has 0 spiro atoms. The Balaban J connectivity index is 1.78. The summed E-state index contributed by atoms with van der Waals surface area (Å²) in [6, 6.07) is 0. The zero-order valence-corrected chi connectivity index (χ0v) is 11.3. The van der Waals surface area contributed by atoms with E-state index in [0.29, 0.717) is 15.2 Å². The number of nitrogens with one attached hydrogen (secondary N) is 1. The van der Waals surface area contributed by atoms with E-state index in [1.807, 2.05) is 0 Å². The van der Waals surface area contributed by atoms with Crippen LogP contribution in [0.1, 0.15) is 0 Å². The monoisotopic (exact) mass is 313 g/mol. The first kappa shape index (κ1) is 12.1. The molecular weight excluding hydrogens is 310 g/mol. The fraction of sp³-hybridized carbons (Fsp3) is 0. The Hall–Kier alpha value is -1.92. The van der Waals surface area contributed by atoms with Crippen LogP contribution in [0.3, 0.4) is 0 Å². The first-order valence-corrected chi connectivity index (χ1v) is 7.15. The summed E-state index contributed by atoms with van der Waals surface area (Å²) in [7, 11) is 0. The molecule has 0 saturated heterocycles. The van der Waals surface area contributed by atoms with Gasteiger partial charge in [0, 0.05) is 0 Å². The van der Waals surface area contributed by atoms with Crippen molar-refractivity contribution in [3.63, 3.8) is 0 Å². The highest BCUT2D eigenvalue weighted by Gasteiger charge is 2.14. The van der Waals surface area contributed by atoms with Crippen LogP contribution in [-0.4, -0.2) is 35.5 Å². The van der Waals surface area contributed by atoms with Crippen LogP contribution in [0.25, 0.3) is 10.8 Å². The zero-order valence-electron chi connectivity index (χ0n) is 8.88. The van der Waals surface area contributed by atoms with Crippen molar-refractivity contribution >= 4 is 39.4 Å². The molecule has 1 N–H and O–H groups in total. The Morgan fingerprint density at radius 1 is 1.32 bits per heavy atom. The van der Waals surface area contributed by atoms with Crippen molar-refractivity contribution in [2.45, 2.75) is 8.55 Å². The smallest absolute Gasteiger partial charge is 0.257 e. The van der Waals surface area contributed by atoms with Crippen LogP contribution in [0, 0.1) is 10.1 Å². The molecule has 0 saturated carbocycles. The summed E-state index contributed by atoms with van der Waals surface area (Å²) in [4.78, 5) is 18.2. The summed E-state index contributed by atoms with van der Waals surface area (Å²) < 4.78 is 1.45. The highest BCUT2D eigenvalue weighted by atomic mass is 32.2. The summed E-state index contributed by atoms with van der Waals surface area (Å²) in [5, 5.41) is 24.5. The van der Waals surface area contributed by atoms with Crippen molar-refractivity contribution in [2.75, 3.05) is 0 Å². The number of thiazole rings is 2. The number of hydrogen-bond donors (Lipinski definition) is 1. The van der Waals surface area contributed by atoms with Crippen LogP contribution < -0.4 is 0 Å². The molecule has 0 atom stereocenters. The Morgan fingerprint density at radius 2 is 2.21 bits per heavy atom. The van der Waals surface area contributed by atoms with Gasteiger partial charge in [-0.25, -0.2) is 15.1 Å². The van der Waals surface area contributed by atoms with Gasteiger partial charge in [-0.1, -0.05) is 0 Å². The van der Waals surface area contributed by atoms with Gasteiger partial charge in [-0.3, -0.25) is 10.1 Å². The van der Waals surface area contributed by atoms with Crippen LogP contribution in [0.2, 0.25) is 0 Å². The number of tetrazole rings is 1. The second-order valence-electron chi connectivity index (χ2n) is 3.06. The van der Waals surface area contributed by atoms with E-state index < -0.39 is 4.92 Å². The van der Waals surface area contributed by atoms with Crippen molar-refractivity contribution in [3.8, 4) is 10.8 Å². The minimum atomic E-state index is -0.458. The van der Waals surface area contributed by atoms with Crippen LogP contribution in [0.4, 0.5) is 5.00 Å². The summed E-state index contributed by atoms with van der Waals surface area (Å²) >= 11 is 3.72. The van der Waals surface area contributed by atoms with Crippen molar-refractivity contribution in [3.05, 3.63) is 22.5 Å². The number of H-pyrrole nitrogens is 1. The third kappa shape index (κ3) is 2.59. The molecule has 3 aromatic heterocycles. The van der Waals surface area contributed by atoms with Gasteiger partial charge in [0.2, 0.25) is 5.82 Å². The molecule has 3 aromatic rings. The minimum Gasteiger partial charge on any atom is -0.257 e. The third-order valence-electron chi connectivity index (χ3n) is 1.87. The molecule has 9 nitrogen and oxygen atoms in total. The zero-order chi connectivity index (χ0) is 13.2. The Bertz CT molecular complexity index is 706. The van der Waals surface area contributed by atoms with E-state index in [9.17, 15) is 10.1 Å². The molecule has 19 heavy (non-hydrogen) atoms. The lowest BCUT2D eigenvalue weighted by Crippen LogP contribution is -1.80. The van der Waals surface area contributed by atoms with Crippen LogP contribution in [-0.2, 0) is 0 Å². The van der Waals surface area contributed by atoms with Gasteiger partial charge in [0.15, 0.2) is 9.35 Å².